The number of carbonyl (C=O) groups excluding carboxylic acids is 1. The lowest BCUT2D eigenvalue weighted by molar-refractivity contribution is -0.137. The minimum atomic E-state index is -0.924. The van der Waals surface area contributed by atoms with Crippen LogP contribution >= 0.6 is 11.6 Å². The Morgan fingerprint density at radius 1 is 1.36 bits per heavy atom. The smallest absolute Gasteiger partial charge is 0.303 e. The molecule has 0 fully saturated rings. The zero-order chi connectivity index (χ0) is 16.4. The van der Waals surface area contributed by atoms with Crippen molar-refractivity contribution in [2.75, 3.05) is 6.54 Å². The Kier molecular flexibility index (Phi) is 7.51. The van der Waals surface area contributed by atoms with Crippen LogP contribution in [0.15, 0.2) is 36.0 Å². The minimum Gasteiger partial charge on any atom is -0.481 e. The largest absolute Gasteiger partial charge is 0.481 e. The normalized spacial score (nSPS) is 10.6. The molecular weight excluding hydrogens is 306 g/mol. The fraction of sp³-hybridized carbons (Fsp3) is 0.267. The molecule has 1 aromatic carbocycles. The summed E-state index contributed by atoms with van der Waals surface area (Å²) in [6, 6.07) is 9.03. The summed E-state index contributed by atoms with van der Waals surface area (Å²) in [6.07, 6.45) is 1.60. The third kappa shape index (κ3) is 6.29. The predicted octanol–water partition coefficient (Wildman–Crippen LogP) is 1.82. The summed E-state index contributed by atoms with van der Waals surface area (Å²) < 4.78 is 0. The molecule has 0 spiro atoms. The second-order valence-corrected chi connectivity index (χ2v) is 4.80. The predicted molar refractivity (Wildman–Crippen MR) is 81.9 cm³/mol. The van der Waals surface area contributed by atoms with E-state index in [0.29, 0.717) is 18.0 Å². The van der Waals surface area contributed by atoms with Crippen LogP contribution in [0.4, 0.5) is 0 Å². The number of nitrogens with zero attached hydrogens (tertiary/aromatic N) is 1. The van der Waals surface area contributed by atoms with Crippen molar-refractivity contribution in [1.82, 2.24) is 10.6 Å². The topological polar surface area (TPSA) is 102 Å². The third-order valence-electron chi connectivity index (χ3n) is 2.71. The second kappa shape index (κ2) is 9.42. The third-order valence-corrected chi connectivity index (χ3v) is 3.08. The number of nitriles is 1. The van der Waals surface area contributed by atoms with E-state index in [9.17, 15) is 9.59 Å². The summed E-state index contributed by atoms with van der Waals surface area (Å²) in [5, 5.41) is 23.4. The van der Waals surface area contributed by atoms with Crippen molar-refractivity contribution in [3.63, 3.8) is 0 Å². The molecule has 0 heterocycles. The molecule has 1 rings (SSSR count). The van der Waals surface area contributed by atoms with Gasteiger partial charge in [0.1, 0.15) is 11.6 Å². The van der Waals surface area contributed by atoms with Crippen molar-refractivity contribution in [3.05, 3.63) is 46.6 Å². The van der Waals surface area contributed by atoms with E-state index >= 15 is 0 Å². The van der Waals surface area contributed by atoms with E-state index in [-0.39, 0.29) is 18.5 Å². The van der Waals surface area contributed by atoms with Crippen LogP contribution in [0.1, 0.15) is 18.4 Å². The maximum absolute atomic E-state index is 11.7. The molecule has 0 saturated carbocycles. The number of halogens is 1. The van der Waals surface area contributed by atoms with Gasteiger partial charge in [-0.25, -0.2) is 0 Å². The van der Waals surface area contributed by atoms with Gasteiger partial charge in [-0.1, -0.05) is 29.8 Å². The second-order valence-electron chi connectivity index (χ2n) is 4.40. The average molecular weight is 322 g/mol. The molecule has 1 aromatic rings. The fourth-order valence-electron chi connectivity index (χ4n) is 1.59. The standard InChI is InChI=1S/C15H16ClN3O3/c16-13-5-2-1-4-11(13)9-18-10-12(8-17)15(22)19-7-3-6-14(20)21/h1-2,4-5,10,18H,3,6-7,9H2,(H,19,22)(H,20,21)/b12-10-. The van der Waals surface area contributed by atoms with Crippen molar-refractivity contribution in [3.8, 4) is 6.07 Å². The lowest BCUT2D eigenvalue weighted by Crippen LogP contribution is -2.27. The molecule has 0 aliphatic rings. The number of nitrogens with one attached hydrogen (secondary N) is 2. The SMILES string of the molecule is N#C/C(=C/NCc1ccccc1Cl)C(=O)NCCCC(=O)O. The summed E-state index contributed by atoms with van der Waals surface area (Å²) >= 11 is 5.99. The van der Waals surface area contributed by atoms with Crippen LogP contribution in [0.5, 0.6) is 0 Å². The van der Waals surface area contributed by atoms with Crippen LogP contribution in [-0.4, -0.2) is 23.5 Å². The van der Waals surface area contributed by atoms with Crippen LogP contribution in [0, 0.1) is 11.3 Å². The lowest BCUT2D eigenvalue weighted by atomic mass is 10.2. The van der Waals surface area contributed by atoms with E-state index in [4.69, 9.17) is 22.0 Å². The molecule has 0 radical (unpaired) electrons. The highest BCUT2D eigenvalue weighted by molar-refractivity contribution is 6.31. The molecule has 0 aliphatic carbocycles. The molecule has 0 saturated heterocycles. The molecule has 1 amide bonds. The Labute approximate surface area is 133 Å². The molecule has 0 aromatic heterocycles. The van der Waals surface area contributed by atoms with Crippen LogP contribution in [0.2, 0.25) is 5.02 Å². The summed E-state index contributed by atoms with van der Waals surface area (Å²) in [5.41, 5.74) is 0.766. The Bertz CT molecular complexity index is 608. The number of benzene rings is 1. The summed E-state index contributed by atoms with van der Waals surface area (Å²) in [7, 11) is 0. The summed E-state index contributed by atoms with van der Waals surface area (Å²) in [4.78, 5) is 22.1. The first-order chi connectivity index (χ1) is 10.5. The number of hydrogen-bond donors (Lipinski definition) is 3. The number of amides is 1. The lowest BCUT2D eigenvalue weighted by Gasteiger charge is -2.05. The number of hydrogen-bond acceptors (Lipinski definition) is 4. The molecular formula is C15H16ClN3O3. The molecule has 0 atom stereocenters. The quantitative estimate of drug-likeness (QED) is 0.385. The zero-order valence-corrected chi connectivity index (χ0v) is 12.6. The first-order valence-corrected chi connectivity index (χ1v) is 6.99. The Balaban J connectivity index is 2.46. The van der Waals surface area contributed by atoms with Crippen molar-refractivity contribution in [2.45, 2.75) is 19.4 Å². The van der Waals surface area contributed by atoms with Crippen LogP contribution in [0.3, 0.4) is 0 Å². The van der Waals surface area contributed by atoms with E-state index in [1.807, 2.05) is 18.2 Å². The molecule has 0 unspecified atom stereocenters. The van der Waals surface area contributed by atoms with Gasteiger partial charge in [-0.3, -0.25) is 9.59 Å². The number of carbonyl (C=O) groups is 2. The number of carboxylic acid groups (broad SMARTS) is 1. The Hall–Kier alpha value is -2.52. The van der Waals surface area contributed by atoms with Crippen LogP contribution in [-0.2, 0) is 16.1 Å². The molecule has 0 aliphatic heterocycles. The van der Waals surface area contributed by atoms with E-state index in [1.54, 1.807) is 12.1 Å². The van der Waals surface area contributed by atoms with E-state index in [0.717, 1.165) is 5.56 Å². The molecule has 7 heteroatoms. The van der Waals surface area contributed by atoms with Gasteiger partial charge in [0.25, 0.3) is 5.91 Å². The molecule has 6 nitrogen and oxygen atoms in total. The van der Waals surface area contributed by atoms with Gasteiger partial charge in [-0.15, -0.1) is 0 Å². The highest BCUT2D eigenvalue weighted by Crippen LogP contribution is 2.14. The van der Waals surface area contributed by atoms with Crippen LogP contribution in [0.25, 0.3) is 0 Å². The number of rotatable bonds is 8. The Morgan fingerprint density at radius 2 is 2.09 bits per heavy atom. The number of carboxylic acids is 1. The first kappa shape index (κ1) is 17.5. The molecule has 0 bridgehead atoms. The Morgan fingerprint density at radius 3 is 2.73 bits per heavy atom. The van der Waals surface area contributed by atoms with Gasteiger partial charge in [0.2, 0.25) is 0 Å². The average Bonchev–Trinajstić information content (AvgIpc) is 2.49. The van der Waals surface area contributed by atoms with Gasteiger partial charge in [-0.05, 0) is 18.1 Å². The molecule has 116 valence electrons. The zero-order valence-electron chi connectivity index (χ0n) is 11.8. The van der Waals surface area contributed by atoms with Crippen LogP contribution < -0.4 is 10.6 Å². The first-order valence-electron chi connectivity index (χ1n) is 6.61. The van der Waals surface area contributed by atoms with Gasteiger partial charge in [-0.2, -0.15) is 5.26 Å². The number of aliphatic carboxylic acids is 1. The maximum Gasteiger partial charge on any atom is 0.303 e. The van der Waals surface area contributed by atoms with Gasteiger partial charge < -0.3 is 15.7 Å². The van der Waals surface area contributed by atoms with Gasteiger partial charge >= 0.3 is 5.97 Å². The van der Waals surface area contributed by atoms with Gasteiger partial charge in [0.15, 0.2) is 0 Å². The van der Waals surface area contributed by atoms with Gasteiger partial charge in [0.05, 0.1) is 0 Å². The summed E-state index contributed by atoms with van der Waals surface area (Å²) in [5.74, 6) is -1.47. The molecule has 22 heavy (non-hydrogen) atoms. The monoisotopic (exact) mass is 321 g/mol. The highest BCUT2D eigenvalue weighted by atomic mass is 35.5. The van der Waals surface area contributed by atoms with Crippen molar-refractivity contribution < 1.29 is 14.7 Å². The van der Waals surface area contributed by atoms with Crippen molar-refractivity contribution in [1.29, 1.82) is 5.26 Å². The fourth-order valence-corrected chi connectivity index (χ4v) is 1.79. The maximum atomic E-state index is 11.7. The minimum absolute atomic E-state index is 0.0311. The van der Waals surface area contributed by atoms with Gasteiger partial charge in [0, 0.05) is 30.7 Å². The van der Waals surface area contributed by atoms with Crippen molar-refractivity contribution >= 4 is 23.5 Å². The summed E-state index contributed by atoms with van der Waals surface area (Å²) in [6.45, 7) is 0.589. The van der Waals surface area contributed by atoms with E-state index < -0.39 is 11.9 Å². The highest BCUT2D eigenvalue weighted by Gasteiger charge is 2.08. The molecule has 3 N–H and O–H groups in total. The van der Waals surface area contributed by atoms with E-state index in [1.165, 1.54) is 6.20 Å². The van der Waals surface area contributed by atoms with E-state index in [2.05, 4.69) is 10.6 Å². The van der Waals surface area contributed by atoms with Crippen molar-refractivity contribution in [2.24, 2.45) is 0 Å².